The zero-order chi connectivity index (χ0) is 15.4. The fourth-order valence-corrected chi connectivity index (χ4v) is 2.88. The van der Waals surface area contributed by atoms with Crippen molar-refractivity contribution in [1.29, 1.82) is 0 Å². The fourth-order valence-electron chi connectivity index (χ4n) is 2.88. The van der Waals surface area contributed by atoms with Gasteiger partial charge in [-0.2, -0.15) is 0 Å². The Bertz CT molecular complexity index is 491. The number of hydrogen-bond acceptors (Lipinski definition) is 2. The van der Waals surface area contributed by atoms with E-state index in [9.17, 15) is 9.18 Å². The number of hydrogen-bond donors (Lipinski definition) is 1. The molecule has 1 saturated carbocycles. The summed E-state index contributed by atoms with van der Waals surface area (Å²) in [5.41, 5.74) is 1.01. The van der Waals surface area contributed by atoms with Gasteiger partial charge in [0.15, 0.2) is 0 Å². The second-order valence-corrected chi connectivity index (χ2v) is 6.27. The lowest BCUT2D eigenvalue weighted by Gasteiger charge is -2.28. The third-order valence-electron chi connectivity index (χ3n) is 4.06. The summed E-state index contributed by atoms with van der Waals surface area (Å²) in [6.45, 7) is 4.66. The topological polar surface area (TPSA) is 46.5 Å². The third kappa shape index (κ3) is 4.19. The highest BCUT2D eigenvalue weighted by Gasteiger charge is 2.28. The molecule has 0 unspecified atom stereocenters. The molecule has 0 aliphatic heterocycles. The number of halogens is 1. The molecule has 116 valence electrons. The molecule has 0 heterocycles. The minimum absolute atomic E-state index is 0.235. The van der Waals surface area contributed by atoms with E-state index in [1.807, 2.05) is 0 Å². The second-order valence-electron chi connectivity index (χ2n) is 6.27. The Kier molecular flexibility index (Phi) is 5.21. The molecular formula is C17H23FO3. The summed E-state index contributed by atoms with van der Waals surface area (Å²) in [5, 5.41) is 9.06. The first-order valence-electron chi connectivity index (χ1n) is 7.62. The van der Waals surface area contributed by atoms with Gasteiger partial charge in [-0.25, -0.2) is 4.39 Å². The van der Waals surface area contributed by atoms with Crippen molar-refractivity contribution in [2.75, 3.05) is 6.61 Å². The molecular weight excluding hydrogens is 271 g/mol. The molecule has 0 bridgehead atoms. The lowest BCUT2D eigenvalue weighted by molar-refractivity contribution is -0.142. The summed E-state index contributed by atoms with van der Waals surface area (Å²) in [6.07, 6.45) is 3.00. The number of carbonyl (C=O) groups is 1. The highest BCUT2D eigenvalue weighted by Crippen LogP contribution is 2.40. The van der Waals surface area contributed by atoms with Gasteiger partial charge in [-0.15, -0.1) is 0 Å². The first-order valence-corrected chi connectivity index (χ1v) is 7.62. The highest BCUT2D eigenvalue weighted by molar-refractivity contribution is 5.70. The van der Waals surface area contributed by atoms with Crippen LogP contribution >= 0.6 is 0 Å². The molecule has 21 heavy (non-hydrogen) atoms. The van der Waals surface area contributed by atoms with Crippen LogP contribution in [0.5, 0.6) is 5.75 Å². The Balaban J connectivity index is 2.10. The van der Waals surface area contributed by atoms with Gasteiger partial charge in [0, 0.05) is 6.07 Å². The smallest absolute Gasteiger partial charge is 0.306 e. The number of carboxylic acids is 1. The van der Waals surface area contributed by atoms with Crippen LogP contribution in [0.2, 0.25) is 0 Å². The molecule has 0 atom stereocenters. The van der Waals surface area contributed by atoms with Crippen LogP contribution in [-0.2, 0) is 4.79 Å². The van der Waals surface area contributed by atoms with Gasteiger partial charge in [0.05, 0.1) is 12.5 Å². The Hall–Kier alpha value is -1.58. The predicted octanol–water partition coefficient (Wildman–Crippen LogP) is 4.22. The normalized spacial score (nSPS) is 22.3. The van der Waals surface area contributed by atoms with Gasteiger partial charge in [0.25, 0.3) is 0 Å². The van der Waals surface area contributed by atoms with E-state index in [0.29, 0.717) is 31.1 Å². The molecule has 4 heteroatoms. The summed E-state index contributed by atoms with van der Waals surface area (Å²) in [7, 11) is 0. The van der Waals surface area contributed by atoms with Crippen LogP contribution in [0.15, 0.2) is 18.2 Å². The summed E-state index contributed by atoms with van der Waals surface area (Å²) in [5.74, 6) is 0.0250. The maximum atomic E-state index is 13.4. The van der Waals surface area contributed by atoms with E-state index in [4.69, 9.17) is 9.84 Å². The largest absolute Gasteiger partial charge is 0.493 e. The van der Waals surface area contributed by atoms with E-state index < -0.39 is 5.97 Å². The van der Waals surface area contributed by atoms with Gasteiger partial charge >= 0.3 is 5.97 Å². The van der Waals surface area contributed by atoms with Crippen molar-refractivity contribution < 1.29 is 19.0 Å². The van der Waals surface area contributed by atoms with Crippen molar-refractivity contribution in [3.63, 3.8) is 0 Å². The molecule has 0 aromatic heterocycles. The van der Waals surface area contributed by atoms with E-state index >= 15 is 0 Å². The molecule has 1 aliphatic carbocycles. The number of rotatable bonds is 5. The van der Waals surface area contributed by atoms with E-state index in [2.05, 4.69) is 13.8 Å². The maximum Gasteiger partial charge on any atom is 0.306 e. The third-order valence-corrected chi connectivity index (χ3v) is 4.06. The van der Waals surface area contributed by atoms with E-state index in [-0.39, 0.29) is 17.7 Å². The minimum atomic E-state index is -0.705. The minimum Gasteiger partial charge on any atom is -0.493 e. The van der Waals surface area contributed by atoms with Crippen molar-refractivity contribution in [2.45, 2.75) is 45.4 Å². The molecule has 2 rings (SSSR count). The summed E-state index contributed by atoms with van der Waals surface area (Å²) in [4.78, 5) is 11.0. The summed E-state index contributed by atoms with van der Waals surface area (Å²) < 4.78 is 19.2. The fraction of sp³-hybridized carbons (Fsp3) is 0.588. The van der Waals surface area contributed by atoms with Crippen LogP contribution in [0.25, 0.3) is 0 Å². The zero-order valence-corrected chi connectivity index (χ0v) is 12.6. The number of carboxylic acid groups (broad SMARTS) is 1. The molecule has 1 N–H and O–H groups in total. The summed E-state index contributed by atoms with van der Waals surface area (Å²) >= 11 is 0. The van der Waals surface area contributed by atoms with Gasteiger partial charge in [-0.3, -0.25) is 4.79 Å². The highest BCUT2D eigenvalue weighted by atomic mass is 19.1. The van der Waals surface area contributed by atoms with Gasteiger partial charge < -0.3 is 9.84 Å². The average molecular weight is 294 g/mol. The molecule has 0 amide bonds. The average Bonchev–Trinajstić information content (AvgIpc) is 2.45. The van der Waals surface area contributed by atoms with Crippen LogP contribution in [0, 0.1) is 17.7 Å². The molecule has 1 aromatic rings. The number of aliphatic carboxylic acids is 1. The van der Waals surface area contributed by atoms with Crippen LogP contribution in [-0.4, -0.2) is 17.7 Å². The van der Waals surface area contributed by atoms with Crippen LogP contribution < -0.4 is 4.74 Å². The lowest BCUT2D eigenvalue weighted by atomic mass is 9.78. The molecule has 3 nitrogen and oxygen atoms in total. The molecule has 0 spiro atoms. The summed E-state index contributed by atoms with van der Waals surface area (Å²) in [6, 6.07) is 4.69. The van der Waals surface area contributed by atoms with E-state index in [1.54, 1.807) is 6.07 Å². The maximum absolute atomic E-state index is 13.4. The zero-order valence-electron chi connectivity index (χ0n) is 12.6. The van der Waals surface area contributed by atoms with Crippen LogP contribution in [0.3, 0.4) is 0 Å². The van der Waals surface area contributed by atoms with Crippen LogP contribution in [0.1, 0.15) is 51.0 Å². The van der Waals surface area contributed by atoms with Crippen LogP contribution in [0.4, 0.5) is 4.39 Å². The Morgan fingerprint density at radius 2 is 2.00 bits per heavy atom. The van der Waals surface area contributed by atoms with Crippen molar-refractivity contribution in [2.24, 2.45) is 11.8 Å². The first-order chi connectivity index (χ1) is 9.97. The van der Waals surface area contributed by atoms with Gasteiger partial charge in [-0.1, -0.05) is 19.9 Å². The van der Waals surface area contributed by atoms with Crippen molar-refractivity contribution in [1.82, 2.24) is 0 Å². The SMILES string of the molecule is CC(C)COc1cc(F)ccc1C1CCC(C(=O)O)CC1. The molecule has 0 radical (unpaired) electrons. The Morgan fingerprint density at radius 1 is 1.33 bits per heavy atom. The van der Waals surface area contributed by atoms with Gasteiger partial charge in [0.1, 0.15) is 11.6 Å². The quantitative estimate of drug-likeness (QED) is 0.884. The van der Waals surface area contributed by atoms with E-state index in [0.717, 1.165) is 18.4 Å². The first kappa shape index (κ1) is 15.8. The monoisotopic (exact) mass is 294 g/mol. The lowest BCUT2D eigenvalue weighted by Crippen LogP contribution is -2.21. The van der Waals surface area contributed by atoms with Crippen molar-refractivity contribution >= 4 is 5.97 Å². The molecule has 1 aromatic carbocycles. The standard InChI is InChI=1S/C17H23FO3/c1-11(2)10-21-16-9-14(18)7-8-15(16)12-3-5-13(6-4-12)17(19)20/h7-9,11-13H,3-6,10H2,1-2H3,(H,19,20). The van der Waals surface area contributed by atoms with E-state index in [1.165, 1.54) is 12.1 Å². The van der Waals surface area contributed by atoms with Crippen molar-refractivity contribution in [3.8, 4) is 5.75 Å². The van der Waals surface area contributed by atoms with Gasteiger partial charge in [0.2, 0.25) is 0 Å². The number of benzene rings is 1. The second kappa shape index (κ2) is 6.92. The molecule has 1 fully saturated rings. The number of ether oxygens (including phenoxy) is 1. The van der Waals surface area contributed by atoms with Crippen molar-refractivity contribution in [3.05, 3.63) is 29.6 Å². The molecule has 0 saturated heterocycles. The van der Waals surface area contributed by atoms with Gasteiger partial charge in [-0.05, 0) is 49.1 Å². The Morgan fingerprint density at radius 3 is 2.57 bits per heavy atom. The molecule has 1 aliphatic rings. The Labute approximate surface area is 125 Å². The predicted molar refractivity (Wildman–Crippen MR) is 79.1 cm³/mol.